The summed E-state index contributed by atoms with van der Waals surface area (Å²) in [6.07, 6.45) is 11.2. The summed E-state index contributed by atoms with van der Waals surface area (Å²) in [7, 11) is 0. The molecule has 1 aromatic rings. The number of nitrogens with zero attached hydrogens (tertiary/aromatic N) is 2. The second-order valence-corrected chi connectivity index (χ2v) is 7.59. The van der Waals surface area contributed by atoms with Gasteiger partial charge in [-0.2, -0.15) is 5.10 Å². The lowest BCUT2D eigenvalue weighted by atomic mass is 9.65. The van der Waals surface area contributed by atoms with Crippen LogP contribution in [0, 0.1) is 11.3 Å². The van der Waals surface area contributed by atoms with Gasteiger partial charge in [-0.15, -0.1) is 0 Å². The summed E-state index contributed by atoms with van der Waals surface area (Å²) < 4.78 is 2.07. The van der Waals surface area contributed by atoms with Crippen molar-refractivity contribution in [1.82, 2.24) is 15.1 Å². The molecule has 0 radical (unpaired) electrons. The Hall–Kier alpha value is -0.830. The first-order valence-electron chi connectivity index (χ1n) is 8.33. The summed E-state index contributed by atoms with van der Waals surface area (Å²) in [4.78, 5) is 0. The Kier molecular flexibility index (Phi) is 3.89. The molecule has 112 valence electrons. The minimum absolute atomic E-state index is 0.481. The molecule has 3 heteroatoms. The summed E-state index contributed by atoms with van der Waals surface area (Å²) in [6.45, 7) is 9.18. The zero-order valence-electron chi connectivity index (χ0n) is 13.2. The van der Waals surface area contributed by atoms with E-state index in [2.05, 4.69) is 48.3 Å². The zero-order chi connectivity index (χ0) is 14.2. The van der Waals surface area contributed by atoms with Gasteiger partial charge < -0.3 is 5.32 Å². The standard InChI is InChI=1S/C17H29N3/c1-4-20-12-14(11-19-20)16-9-17(2,3)8-7-13(16)10-18-15-5-6-15/h11-13,15-16,18H,4-10H2,1-3H3. The summed E-state index contributed by atoms with van der Waals surface area (Å²) in [5, 5.41) is 8.24. The first-order chi connectivity index (χ1) is 9.57. The van der Waals surface area contributed by atoms with Crippen molar-refractivity contribution in [3.63, 3.8) is 0 Å². The van der Waals surface area contributed by atoms with Gasteiger partial charge in [0.05, 0.1) is 6.20 Å². The molecule has 0 bridgehead atoms. The van der Waals surface area contributed by atoms with Crippen LogP contribution in [-0.4, -0.2) is 22.4 Å². The molecule has 0 spiro atoms. The number of nitrogens with one attached hydrogen (secondary N) is 1. The van der Waals surface area contributed by atoms with Crippen molar-refractivity contribution < 1.29 is 0 Å². The van der Waals surface area contributed by atoms with E-state index in [-0.39, 0.29) is 0 Å². The van der Waals surface area contributed by atoms with Crippen LogP contribution in [0.5, 0.6) is 0 Å². The summed E-state index contributed by atoms with van der Waals surface area (Å²) >= 11 is 0. The number of rotatable bonds is 5. The second kappa shape index (κ2) is 5.51. The van der Waals surface area contributed by atoms with E-state index < -0.39 is 0 Å². The molecule has 20 heavy (non-hydrogen) atoms. The van der Waals surface area contributed by atoms with Crippen molar-refractivity contribution in [2.45, 2.75) is 71.4 Å². The van der Waals surface area contributed by atoms with Gasteiger partial charge in [0, 0.05) is 18.8 Å². The molecule has 2 aliphatic carbocycles. The highest BCUT2D eigenvalue weighted by atomic mass is 15.3. The van der Waals surface area contributed by atoms with E-state index in [1.54, 1.807) is 0 Å². The van der Waals surface area contributed by atoms with Crippen LogP contribution >= 0.6 is 0 Å². The molecule has 2 saturated carbocycles. The first kappa shape index (κ1) is 14.1. The predicted molar refractivity (Wildman–Crippen MR) is 82.8 cm³/mol. The number of aromatic nitrogens is 2. The van der Waals surface area contributed by atoms with E-state index in [0.29, 0.717) is 11.3 Å². The molecule has 2 fully saturated rings. The molecule has 2 aliphatic rings. The van der Waals surface area contributed by atoms with E-state index in [4.69, 9.17) is 0 Å². The van der Waals surface area contributed by atoms with Crippen LogP contribution in [0.4, 0.5) is 0 Å². The van der Waals surface area contributed by atoms with Crippen LogP contribution in [-0.2, 0) is 6.54 Å². The van der Waals surface area contributed by atoms with Crippen LogP contribution in [0.2, 0.25) is 0 Å². The number of hydrogen-bond acceptors (Lipinski definition) is 2. The van der Waals surface area contributed by atoms with Gasteiger partial charge in [-0.1, -0.05) is 13.8 Å². The van der Waals surface area contributed by atoms with Gasteiger partial charge >= 0.3 is 0 Å². The van der Waals surface area contributed by atoms with Crippen LogP contribution in [0.25, 0.3) is 0 Å². The van der Waals surface area contributed by atoms with E-state index >= 15 is 0 Å². The summed E-state index contributed by atoms with van der Waals surface area (Å²) in [5.74, 6) is 1.48. The largest absolute Gasteiger partial charge is 0.314 e. The second-order valence-electron chi connectivity index (χ2n) is 7.59. The normalized spacial score (nSPS) is 29.6. The smallest absolute Gasteiger partial charge is 0.0524 e. The minimum atomic E-state index is 0.481. The molecular formula is C17H29N3. The maximum absolute atomic E-state index is 4.50. The zero-order valence-corrected chi connectivity index (χ0v) is 13.2. The van der Waals surface area contributed by atoms with Crippen LogP contribution < -0.4 is 5.32 Å². The average molecular weight is 275 g/mol. The number of hydrogen-bond donors (Lipinski definition) is 1. The Labute approximate surface area is 123 Å². The van der Waals surface area contributed by atoms with Crippen LogP contribution in [0.3, 0.4) is 0 Å². The highest BCUT2D eigenvalue weighted by molar-refractivity contribution is 5.15. The molecule has 0 aliphatic heterocycles. The van der Waals surface area contributed by atoms with E-state index in [9.17, 15) is 0 Å². The predicted octanol–water partition coefficient (Wildman–Crippen LogP) is 3.56. The van der Waals surface area contributed by atoms with Crippen molar-refractivity contribution in [3.8, 4) is 0 Å². The molecule has 0 amide bonds. The van der Waals surface area contributed by atoms with Crippen molar-refractivity contribution in [2.24, 2.45) is 11.3 Å². The summed E-state index contributed by atoms with van der Waals surface area (Å²) in [5.41, 5.74) is 1.94. The Morgan fingerprint density at radius 3 is 2.80 bits per heavy atom. The minimum Gasteiger partial charge on any atom is -0.314 e. The average Bonchev–Trinajstić information content (AvgIpc) is 3.12. The van der Waals surface area contributed by atoms with Crippen molar-refractivity contribution >= 4 is 0 Å². The molecule has 1 aromatic heterocycles. The van der Waals surface area contributed by atoms with Gasteiger partial charge in [0.2, 0.25) is 0 Å². The SMILES string of the molecule is CCn1cc(C2CC(C)(C)CCC2CNC2CC2)cn1. The van der Waals surface area contributed by atoms with Crippen molar-refractivity contribution in [3.05, 3.63) is 18.0 Å². The van der Waals surface area contributed by atoms with Crippen LogP contribution in [0.15, 0.2) is 12.4 Å². The molecular weight excluding hydrogens is 246 g/mol. The monoisotopic (exact) mass is 275 g/mol. The number of aryl methyl sites for hydroxylation is 1. The van der Waals surface area contributed by atoms with E-state index in [1.165, 1.54) is 44.2 Å². The van der Waals surface area contributed by atoms with Crippen molar-refractivity contribution in [2.75, 3.05) is 6.54 Å². The Morgan fingerprint density at radius 1 is 1.35 bits per heavy atom. The lowest BCUT2D eigenvalue weighted by Crippen LogP contribution is -2.35. The molecule has 2 atom stereocenters. The van der Waals surface area contributed by atoms with Gasteiger partial charge in [-0.05, 0) is 68.4 Å². The van der Waals surface area contributed by atoms with Gasteiger partial charge in [0.1, 0.15) is 0 Å². The fraction of sp³-hybridized carbons (Fsp3) is 0.824. The van der Waals surface area contributed by atoms with Crippen LogP contribution in [0.1, 0.15) is 64.4 Å². The maximum Gasteiger partial charge on any atom is 0.0524 e. The Bertz CT molecular complexity index is 443. The molecule has 1 N–H and O–H groups in total. The topological polar surface area (TPSA) is 29.9 Å². The summed E-state index contributed by atoms with van der Waals surface area (Å²) in [6, 6.07) is 0.823. The first-order valence-corrected chi connectivity index (χ1v) is 8.33. The lowest BCUT2D eigenvalue weighted by Gasteiger charge is -2.40. The van der Waals surface area contributed by atoms with Gasteiger partial charge in [0.25, 0.3) is 0 Å². The quantitative estimate of drug-likeness (QED) is 0.890. The maximum atomic E-state index is 4.50. The molecule has 0 saturated heterocycles. The van der Waals surface area contributed by atoms with Gasteiger partial charge in [-0.25, -0.2) is 0 Å². The van der Waals surface area contributed by atoms with Crippen molar-refractivity contribution in [1.29, 1.82) is 0 Å². The van der Waals surface area contributed by atoms with E-state index in [1.807, 2.05) is 0 Å². The molecule has 2 unspecified atom stereocenters. The molecule has 3 rings (SSSR count). The molecule has 3 nitrogen and oxygen atoms in total. The Morgan fingerprint density at radius 2 is 2.15 bits per heavy atom. The lowest BCUT2D eigenvalue weighted by molar-refractivity contribution is 0.159. The third-order valence-electron chi connectivity index (χ3n) is 5.18. The molecule has 0 aromatic carbocycles. The third-order valence-corrected chi connectivity index (χ3v) is 5.18. The highest BCUT2D eigenvalue weighted by Gasteiger charge is 2.36. The third kappa shape index (κ3) is 3.25. The fourth-order valence-electron chi connectivity index (χ4n) is 3.63. The highest BCUT2D eigenvalue weighted by Crippen LogP contribution is 2.46. The van der Waals surface area contributed by atoms with Gasteiger partial charge in [-0.3, -0.25) is 4.68 Å². The Balaban J connectivity index is 1.72. The fourth-order valence-corrected chi connectivity index (χ4v) is 3.63. The molecule has 1 heterocycles. The van der Waals surface area contributed by atoms with Gasteiger partial charge in [0.15, 0.2) is 0 Å². The van der Waals surface area contributed by atoms with E-state index in [0.717, 1.165) is 18.5 Å².